The van der Waals surface area contributed by atoms with Crippen molar-refractivity contribution >= 4 is 17.0 Å². The highest BCUT2D eigenvalue weighted by atomic mass is 14.8. The van der Waals surface area contributed by atoms with Crippen LogP contribution in [0.4, 0.5) is 5.69 Å². The Morgan fingerprint density at radius 3 is 2.35 bits per heavy atom. The lowest BCUT2D eigenvalue weighted by atomic mass is 9.96. The van der Waals surface area contributed by atoms with Crippen molar-refractivity contribution in [3.63, 3.8) is 0 Å². The third-order valence-corrected chi connectivity index (χ3v) is 4.35. The van der Waals surface area contributed by atoms with Crippen LogP contribution >= 0.6 is 0 Å². The summed E-state index contributed by atoms with van der Waals surface area (Å²) in [6, 6.07) is 13.0. The van der Waals surface area contributed by atoms with Gasteiger partial charge in [-0.05, 0) is 56.4 Å². The quantitative estimate of drug-likeness (QED) is 0.608. The van der Waals surface area contributed by atoms with Gasteiger partial charge in [0.25, 0.3) is 0 Å². The summed E-state index contributed by atoms with van der Waals surface area (Å²) in [5.74, 6) is 0. The molecule has 1 heteroatoms. The third kappa shape index (κ3) is 3.19. The molecular weight excluding hydrogens is 278 g/mol. The minimum atomic E-state index is 1.01. The van der Waals surface area contributed by atoms with Crippen molar-refractivity contribution in [2.45, 2.75) is 34.1 Å². The topological polar surface area (TPSA) is 12.4 Å². The molecule has 0 aliphatic heterocycles. The summed E-state index contributed by atoms with van der Waals surface area (Å²) in [6.45, 7) is 8.53. The van der Waals surface area contributed by atoms with Crippen LogP contribution in [0.5, 0.6) is 0 Å². The second kappa shape index (κ2) is 6.37. The predicted molar refractivity (Wildman–Crippen MR) is 101 cm³/mol. The molecule has 116 valence electrons. The Balaban J connectivity index is 2.06. The lowest BCUT2D eigenvalue weighted by molar-refractivity contribution is 1.28. The highest BCUT2D eigenvalue weighted by Crippen LogP contribution is 2.29. The van der Waals surface area contributed by atoms with Crippen LogP contribution in [0.2, 0.25) is 0 Å². The number of allylic oxidation sites excluding steroid dienone is 4. The number of nitrogens with zero attached hydrogens (tertiary/aromatic N) is 1. The van der Waals surface area contributed by atoms with Crippen molar-refractivity contribution in [2.75, 3.05) is 0 Å². The van der Waals surface area contributed by atoms with Gasteiger partial charge in [-0.15, -0.1) is 0 Å². The Hall–Kier alpha value is -2.41. The molecule has 0 unspecified atom stereocenters. The summed E-state index contributed by atoms with van der Waals surface area (Å²) < 4.78 is 0. The van der Waals surface area contributed by atoms with E-state index >= 15 is 0 Å². The van der Waals surface area contributed by atoms with Gasteiger partial charge in [-0.25, -0.2) is 0 Å². The molecule has 0 amide bonds. The van der Waals surface area contributed by atoms with E-state index in [4.69, 9.17) is 4.99 Å². The molecule has 1 aliphatic carbocycles. The predicted octanol–water partition coefficient (Wildman–Crippen LogP) is 6.10. The van der Waals surface area contributed by atoms with Gasteiger partial charge in [0.2, 0.25) is 0 Å². The number of hydrogen-bond donors (Lipinski definition) is 0. The molecule has 0 radical (unpaired) electrons. The standard InChI is InChI=1S/C22H23N/c1-15-13-16(2)22(17(3)14-15)23-18(4)20-11-7-8-12-21(20)19-9-5-6-10-19/h5-9,11-14H,10H2,1-4H3/b23-18+. The Bertz CT molecular complexity index is 812. The zero-order valence-corrected chi connectivity index (χ0v) is 14.4. The SMILES string of the molecule is C/C(=N\c1c(C)cc(C)cc1C)c1ccccc1C1=CC=CC1. The Kier molecular flexibility index (Phi) is 4.29. The maximum Gasteiger partial charge on any atom is 0.0691 e. The molecule has 0 N–H and O–H groups in total. The van der Waals surface area contributed by atoms with Gasteiger partial charge in [-0.1, -0.05) is 60.2 Å². The van der Waals surface area contributed by atoms with E-state index in [1.807, 2.05) is 0 Å². The summed E-state index contributed by atoms with van der Waals surface area (Å²) in [6.07, 6.45) is 7.54. The molecule has 1 nitrogen and oxygen atoms in total. The first-order valence-corrected chi connectivity index (χ1v) is 8.15. The lowest BCUT2D eigenvalue weighted by Crippen LogP contribution is -2.00. The van der Waals surface area contributed by atoms with Crippen molar-refractivity contribution in [2.24, 2.45) is 4.99 Å². The largest absolute Gasteiger partial charge is 0.253 e. The number of aryl methyl sites for hydroxylation is 3. The van der Waals surface area contributed by atoms with E-state index in [0.717, 1.165) is 17.8 Å². The van der Waals surface area contributed by atoms with Crippen LogP contribution in [0.25, 0.3) is 5.57 Å². The molecule has 2 aromatic rings. The van der Waals surface area contributed by atoms with Gasteiger partial charge >= 0.3 is 0 Å². The van der Waals surface area contributed by atoms with Gasteiger partial charge in [0.05, 0.1) is 5.69 Å². The fourth-order valence-corrected chi connectivity index (χ4v) is 3.30. The first-order chi connectivity index (χ1) is 11.1. The number of hydrogen-bond acceptors (Lipinski definition) is 1. The highest BCUT2D eigenvalue weighted by molar-refractivity contribution is 6.04. The Labute approximate surface area is 139 Å². The molecule has 1 aliphatic rings. The number of rotatable bonds is 3. The van der Waals surface area contributed by atoms with E-state index in [0.29, 0.717) is 0 Å². The summed E-state index contributed by atoms with van der Waals surface area (Å²) in [5.41, 5.74) is 9.82. The van der Waals surface area contributed by atoms with Crippen LogP contribution in [0.1, 0.15) is 41.2 Å². The van der Waals surface area contributed by atoms with Crippen LogP contribution < -0.4 is 0 Å². The fraction of sp³-hybridized carbons (Fsp3) is 0.227. The second-order valence-corrected chi connectivity index (χ2v) is 6.31. The maximum absolute atomic E-state index is 4.97. The number of benzene rings is 2. The molecule has 0 aromatic heterocycles. The van der Waals surface area contributed by atoms with Crippen molar-refractivity contribution < 1.29 is 0 Å². The van der Waals surface area contributed by atoms with E-state index in [2.05, 4.69) is 82.3 Å². The summed E-state index contributed by atoms with van der Waals surface area (Å²) >= 11 is 0. The number of aliphatic imine (C=N–C) groups is 1. The summed E-state index contributed by atoms with van der Waals surface area (Å²) in [4.78, 5) is 4.97. The van der Waals surface area contributed by atoms with E-state index in [-0.39, 0.29) is 0 Å². The van der Waals surface area contributed by atoms with Crippen molar-refractivity contribution in [1.82, 2.24) is 0 Å². The van der Waals surface area contributed by atoms with Crippen molar-refractivity contribution in [1.29, 1.82) is 0 Å². The molecule has 0 atom stereocenters. The average molecular weight is 301 g/mol. The van der Waals surface area contributed by atoms with Crippen LogP contribution in [-0.4, -0.2) is 5.71 Å². The zero-order chi connectivity index (χ0) is 16.4. The average Bonchev–Trinajstić information content (AvgIpc) is 3.05. The molecule has 0 fully saturated rings. The normalized spacial score (nSPS) is 14.3. The Morgan fingerprint density at radius 1 is 1.00 bits per heavy atom. The van der Waals surface area contributed by atoms with Crippen molar-refractivity contribution in [3.8, 4) is 0 Å². The zero-order valence-electron chi connectivity index (χ0n) is 14.4. The van der Waals surface area contributed by atoms with Crippen LogP contribution in [0, 0.1) is 20.8 Å². The highest BCUT2D eigenvalue weighted by Gasteiger charge is 2.11. The molecule has 0 heterocycles. The summed E-state index contributed by atoms with van der Waals surface area (Å²) in [5, 5.41) is 0. The monoisotopic (exact) mass is 301 g/mol. The molecule has 0 spiro atoms. The molecule has 0 saturated carbocycles. The first kappa shape index (κ1) is 15.5. The van der Waals surface area contributed by atoms with Gasteiger partial charge in [0.15, 0.2) is 0 Å². The first-order valence-electron chi connectivity index (χ1n) is 8.15. The van der Waals surface area contributed by atoms with Gasteiger partial charge in [0.1, 0.15) is 0 Å². The molecule has 3 rings (SSSR count). The minimum absolute atomic E-state index is 1.01. The Morgan fingerprint density at radius 2 is 1.70 bits per heavy atom. The summed E-state index contributed by atoms with van der Waals surface area (Å²) in [7, 11) is 0. The van der Waals surface area contributed by atoms with Crippen LogP contribution in [0.15, 0.2) is 59.6 Å². The van der Waals surface area contributed by atoms with E-state index in [1.54, 1.807) is 0 Å². The van der Waals surface area contributed by atoms with Crippen LogP contribution in [0.3, 0.4) is 0 Å². The minimum Gasteiger partial charge on any atom is -0.253 e. The second-order valence-electron chi connectivity index (χ2n) is 6.31. The maximum atomic E-state index is 4.97. The van der Waals surface area contributed by atoms with Crippen molar-refractivity contribution in [3.05, 3.63) is 82.4 Å². The van der Waals surface area contributed by atoms with Gasteiger partial charge in [-0.3, -0.25) is 4.99 Å². The fourth-order valence-electron chi connectivity index (χ4n) is 3.30. The molecule has 2 aromatic carbocycles. The van der Waals surface area contributed by atoms with Gasteiger partial charge < -0.3 is 0 Å². The molecular formula is C22H23N. The van der Waals surface area contributed by atoms with Crippen LogP contribution in [-0.2, 0) is 0 Å². The van der Waals surface area contributed by atoms with Gasteiger partial charge in [0, 0.05) is 11.3 Å². The third-order valence-electron chi connectivity index (χ3n) is 4.35. The molecule has 23 heavy (non-hydrogen) atoms. The van der Waals surface area contributed by atoms with Gasteiger partial charge in [-0.2, -0.15) is 0 Å². The van der Waals surface area contributed by atoms with E-state index < -0.39 is 0 Å². The molecule has 0 saturated heterocycles. The lowest BCUT2D eigenvalue weighted by Gasteiger charge is -2.12. The molecule has 0 bridgehead atoms. The van der Waals surface area contributed by atoms with E-state index in [1.165, 1.54) is 33.4 Å². The smallest absolute Gasteiger partial charge is 0.0691 e. The van der Waals surface area contributed by atoms with E-state index in [9.17, 15) is 0 Å².